The van der Waals surface area contributed by atoms with E-state index in [0.29, 0.717) is 11.5 Å². The second kappa shape index (κ2) is 7.24. The molecule has 3 heterocycles. The lowest BCUT2D eigenvalue weighted by Gasteiger charge is -2.08. The molecule has 0 bridgehead atoms. The van der Waals surface area contributed by atoms with Crippen molar-refractivity contribution < 1.29 is 4.79 Å². The Kier molecular flexibility index (Phi) is 4.29. The van der Waals surface area contributed by atoms with Crippen LogP contribution in [0.25, 0.3) is 21.8 Å². The van der Waals surface area contributed by atoms with Crippen molar-refractivity contribution in [3.63, 3.8) is 0 Å². The first kappa shape index (κ1) is 17.2. The maximum Gasteiger partial charge on any atom is 0.275 e. The number of hydrogen-bond acceptors (Lipinski definition) is 3. The van der Waals surface area contributed by atoms with E-state index in [1.165, 1.54) is 5.56 Å². The van der Waals surface area contributed by atoms with E-state index >= 15 is 0 Å². The van der Waals surface area contributed by atoms with Gasteiger partial charge in [0.05, 0.1) is 17.4 Å². The molecule has 5 aromatic rings. The van der Waals surface area contributed by atoms with E-state index in [0.717, 1.165) is 40.3 Å². The first-order chi connectivity index (χ1) is 14.3. The summed E-state index contributed by atoms with van der Waals surface area (Å²) in [5, 5.41) is 11.5. The van der Waals surface area contributed by atoms with Crippen LogP contribution in [0.4, 0.5) is 5.82 Å². The highest BCUT2D eigenvalue weighted by Gasteiger charge is 2.16. The third kappa shape index (κ3) is 3.36. The Morgan fingerprint density at radius 1 is 0.931 bits per heavy atom. The number of fused-ring (bicyclic) bond motifs is 3. The number of anilines is 1. The van der Waals surface area contributed by atoms with Crippen LogP contribution in [0.15, 0.2) is 72.9 Å². The van der Waals surface area contributed by atoms with Crippen LogP contribution >= 0.6 is 0 Å². The van der Waals surface area contributed by atoms with Gasteiger partial charge in [-0.2, -0.15) is 5.10 Å². The number of rotatable bonds is 5. The molecule has 0 saturated carbocycles. The fraction of sp³-hybridized carbons (Fsp3) is 0.0870. The Labute approximate surface area is 167 Å². The SMILES string of the molecule is O=C(Nc1ccn[nH]1)c1cc2c([nH]c3ccccc32)c(CCc2ccccc2)n1. The minimum absolute atomic E-state index is 0.262. The van der Waals surface area contributed by atoms with Gasteiger partial charge < -0.3 is 10.3 Å². The number of para-hydroxylation sites is 1. The second-order valence-electron chi connectivity index (χ2n) is 6.96. The van der Waals surface area contributed by atoms with Gasteiger partial charge in [-0.15, -0.1) is 0 Å². The van der Waals surface area contributed by atoms with Gasteiger partial charge in [-0.1, -0.05) is 48.5 Å². The first-order valence-corrected chi connectivity index (χ1v) is 9.53. The summed E-state index contributed by atoms with van der Waals surface area (Å²) in [6.07, 6.45) is 3.18. The van der Waals surface area contributed by atoms with Crippen LogP contribution in [0.3, 0.4) is 0 Å². The monoisotopic (exact) mass is 381 g/mol. The van der Waals surface area contributed by atoms with Gasteiger partial charge in [0.1, 0.15) is 11.5 Å². The van der Waals surface area contributed by atoms with E-state index in [2.05, 4.69) is 38.7 Å². The van der Waals surface area contributed by atoms with Crippen molar-refractivity contribution in [2.24, 2.45) is 0 Å². The lowest BCUT2D eigenvalue weighted by Crippen LogP contribution is -2.15. The molecule has 5 rings (SSSR count). The third-order valence-corrected chi connectivity index (χ3v) is 5.05. The number of aromatic amines is 2. The third-order valence-electron chi connectivity index (χ3n) is 5.05. The van der Waals surface area contributed by atoms with Crippen molar-refractivity contribution in [1.29, 1.82) is 0 Å². The summed E-state index contributed by atoms with van der Waals surface area (Å²) in [6, 6.07) is 22.0. The van der Waals surface area contributed by atoms with Crippen LogP contribution in [-0.4, -0.2) is 26.1 Å². The van der Waals surface area contributed by atoms with Gasteiger partial charge in [0.2, 0.25) is 0 Å². The van der Waals surface area contributed by atoms with Crippen molar-refractivity contribution in [2.45, 2.75) is 12.8 Å². The van der Waals surface area contributed by atoms with Crippen LogP contribution in [0.5, 0.6) is 0 Å². The summed E-state index contributed by atoms with van der Waals surface area (Å²) >= 11 is 0. The Morgan fingerprint density at radius 3 is 2.59 bits per heavy atom. The number of H-pyrrole nitrogens is 2. The molecule has 0 atom stereocenters. The Balaban J connectivity index is 1.58. The molecule has 0 spiro atoms. The standard InChI is InChI=1S/C23H19N5O/c29-23(27-21-12-13-24-28-21)20-14-17-16-8-4-5-9-18(16)26-22(17)19(25-20)11-10-15-6-2-1-3-7-15/h1-9,12-14,26H,10-11H2,(H2,24,27,28,29). The number of hydrogen-bond donors (Lipinski definition) is 3. The van der Waals surface area contributed by atoms with Crippen molar-refractivity contribution in [1.82, 2.24) is 20.2 Å². The molecule has 29 heavy (non-hydrogen) atoms. The summed E-state index contributed by atoms with van der Waals surface area (Å²) in [5.74, 6) is 0.282. The number of amides is 1. The average Bonchev–Trinajstić information content (AvgIpc) is 3.40. The summed E-state index contributed by atoms with van der Waals surface area (Å²) in [7, 11) is 0. The van der Waals surface area contributed by atoms with Gasteiger partial charge >= 0.3 is 0 Å². The minimum atomic E-state index is -0.262. The van der Waals surface area contributed by atoms with E-state index in [1.807, 2.05) is 42.5 Å². The average molecular weight is 381 g/mol. The smallest absolute Gasteiger partial charge is 0.275 e. The molecule has 0 unspecified atom stereocenters. The molecule has 6 nitrogen and oxygen atoms in total. The molecule has 6 heteroatoms. The number of pyridine rings is 1. The van der Waals surface area contributed by atoms with Gasteiger partial charge in [-0.3, -0.25) is 9.89 Å². The predicted octanol–water partition coefficient (Wildman–Crippen LogP) is 4.48. The number of carbonyl (C=O) groups excluding carboxylic acids is 1. The molecule has 0 aliphatic rings. The van der Waals surface area contributed by atoms with Crippen molar-refractivity contribution in [3.05, 3.63) is 89.9 Å². The summed E-state index contributed by atoms with van der Waals surface area (Å²) in [5.41, 5.74) is 4.54. The molecule has 2 aromatic carbocycles. The number of aryl methyl sites for hydroxylation is 2. The topological polar surface area (TPSA) is 86.5 Å². The van der Waals surface area contributed by atoms with Crippen LogP contribution in [-0.2, 0) is 12.8 Å². The number of nitrogens with one attached hydrogen (secondary N) is 3. The van der Waals surface area contributed by atoms with E-state index in [-0.39, 0.29) is 5.91 Å². The van der Waals surface area contributed by atoms with E-state index in [9.17, 15) is 4.79 Å². The van der Waals surface area contributed by atoms with Crippen LogP contribution in [0.2, 0.25) is 0 Å². The second-order valence-corrected chi connectivity index (χ2v) is 6.96. The quantitative estimate of drug-likeness (QED) is 0.420. The maximum atomic E-state index is 12.8. The minimum Gasteiger partial charge on any atom is -0.353 e. The van der Waals surface area contributed by atoms with Crippen molar-refractivity contribution in [3.8, 4) is 0 Å². The Bertz CT molecular complexity index is 1290. The highest BCUT2D eigenvalue weighted by Crippen LogP contribution is 2.28. The zero-order valence-corrected chi connectivity index (χ0v) is 15.6. The highest BCUT2D eigenvalue weighted by molar-refractivity contribution is 6.11. The van der Waals surface area contributed by atoms with Gasteiger partial charge in [0, 0.05) is 22.4 Å². The molecule has 0 saturated heterocycles. The molecule has 0 aliphatic carbocycles. The molecule has 0 radical (unpaired) electrons. The van der Waals surface area contributed by atoms with Crippen LogP contribution in [0, 0.1) is 0 Å². The lowest BCUT2D eigenvalue weighted by molar-refractivity contribution is 0.102. The number of carbonyl (C=O) groups is 1. The van der Waals surface area contributed by atoms with Crippen LogP contribution < -0.4 is 5.32 Å². The van der Waals surface area contributed by atoms with Gasteiger partial charge in [0.25, 0.3) is 5.91 Å². The molecule has 3 N–H and O–H groups in total. The van der Waals surface area contributed by atoms with Crippen LogP contribution in [0.1, 0.15) is 21.7 Å². The lowest BCUT2D eigenvalue weighted by atomic mass is 10.1. The predicted molar refractivity (Wildman–Crippen MR) is 114 cm³/mol. The normalized spacial score (nSPS) is 11.2. The van der Waals surface area contributed by atoms with E-state index < -0.39 is 0 Å². The number of benzene rings is 2. The molecule has 142 valence electrons. The van der Waals surface area contributed by atoms with Crippen molar-refractivity contribution in [2.75, 3.05) is 5.32 Å². The zero-order chi connectivity index (χ0) is 19.6. The van der Waals surface area contributed by atoms with Crippen molar-refractivity contribution >= 4 is 33.5 Å². The fourth-order valence-electron chi connectivity index (χ4n) is 3.63. The number of nitrogens with zero attached hydrogens (tertiary/aromatic N) is 2. The van der Waals surface area contributed by atoms with E-state index in [1.54, 1.807) is 12.3 Å². The Morgan fingerprint density at radius 2 is 1.76 bits per heavy atom. The molecular formula is C23H19N5O. The molecule has 0 fully saturated rings. The number of aromatic nitrogens is 4. The van der Waals surface area contributed by atoms with Gasteiger partial charge in [-0.25, -0.2) is 4.98 Å². The van der Waals surface area contributed by atoms with Gasteiger partial charge in [0.15, 0.2) is 0 Å². The summed E-state index contributed by atoms with van der Waals surface area (Å²) in [6.45, 7) is 0. The molecule has 3 aromatic heterocycles. The highest BCUT2D eigenvalue weighted by atomic mass is 16.1. The largest absolute Gasteiger partial charge is 0.353 e. The first-order valence-electron chi connectivity index (χ1n) is 9.53. The molecule has 0 aliphatic heterocycles. The zero-order valence-electron chi connectivity index (χ0n) is 15.6. The van der Waals surface area contributed by atoms with E-state index in [4.69, 9.17) is 4.98 Å². The summed E-state index contributed by atoms with van der Waals surface area (Å²) in [4.78, 5) is 21.0. The molecule has 1 amide bonds. The molecular weight excluding hydrogens is 362 g/mol. The Hall–Kier alpha value is -3.93. The summed E-state index contributed by atoms with van der Waals surface area (Å²) < 4.78 is 0. The maximum absolute atomic E-state index is 12.8. The van der Waals surface area contributed by atoms with Gasteiger partial charge in [-0.05, 0) is 30.5 Å². The fourth-order valence-corrected chi connectivity index (χ4v) is 3.63.